The van der Waals surface area contributed by atoms with Crippen molar-refractivity contribution in [2.45, 2.75) is 19.5 Å². The minimum Gasteiger partial charge on any atom is -0.406 e. The van der Waals surface area contributed by atoms with E-state index in [2.05, 4.69) is 49.8 Å². The highest BCUT2D eigenvalue weighted by Gasteiger charge is 2.30. The molecule has 0 atom stereocenters. The van der Waals surface area contributed by atoms with Gasteiger partial charge >= 0.3 is 6.36 Å². The third-order valence-electron chi connectivity index (χ3n) is 3.83. The van der Waals surface area contributed by atoms with Gasteiger partial charge in [0.1, 0.15) is 5.75 Å². The number of benzene rings is 2. The molecule has 142 valence electrons. The van der Waals surface area contributed by atoms with Crippen LogP contribution in [-0.2, 0) is 13.1 Å². The summed E-state index contributed by atoms with van der Waals surface area (Å²) in [5, 5.41) is 0. The normalized spacial score (nSPS) is 11.8. The van der Waals surface area contributed by atoms with E-state index in [1.807, 2.05) is 19.2 Å². The van der Waals surface area contributed by atoms with Gasteiger partial charge < -0.3 is 4.74 Å². The van der Waals surface area contributed by atoms with E-state index in [-0.39, 0.29) is 5.75 Å². The number of thiophene rings is 1. The van der Waals surface area contributed by atoms with Gasteiger partial charge in [-0.05, 0) is 54.6 Å². The Bertz CT molecular complexity index is 875. The number of hydrogen-bond acceptors (Lipinski definition) is 3. The van der Waals surface area contributed by atoms with E-state index in [0.29, 0.717) is 6.54 Å². The first-order chi connectivity index (χ1) is 12.8. The summed E-state index contributed by atoms with van der Waals surface area (Å²) in [6.45, 7) is 1.40. The van der Waals surface area contributed by atoms with Crippen LogP contribution in [0.3, 0.4) is 0 Å². The van der Waals surface area contributed by atoms with Crippen LogP contribution in [0.25, 0.3) is 10.4 Å². The van der Waals surface area contributed by atoms with Crippen molar-refractivity contribution in [1.29, 1.82) is 0 Å². The lowest BCUT2D eigenvalue weighted by molar-refractivity contribution is -0.274. The molecule has 0 aliphatic carbocycles. The Morgan fingerprint density at radius 2 is 1.59 bits per heavy atom. The van der Waals surface area contributed by atoms with Crippen molar-refractivity contribution < 1.29 is 17.9 Å². The van der Waals surface area contributed by atoms with Gasteiger partial charge in [0.05, 0.1) is 0 Å². The molecule has 0 aliphatic heterocycles. The number of hydrogen-bond donors (Lipinski definition) is 0. The number of rotatable bonds is 6. The van der Waals surface area contributed by atoms with Crippen molar-refractivity contribution in [2.24, 2.45) is 0 Å². The van der Waals surface area contributed by atoms with Crippen molar-refractivity contribution in [3.05, 3.63) is 75.6 Å². The highest BCUT2D eigenvalue weighted by atomic mass is 79.9. The zero-order valence-electron chi connectivity index (χ0n) is 14.5. The van der Waals surface area contributed by atoms with E-state index < -0.39 is 6.36 Å². The molecule has 3 rings (SSSR count). The maximum atomic E-state index is 12.2. The maximum Gasteiger partial charge on any atom is 0.573 e. The Hall–Kier alpha value is -1.83. The molecule has 0 unspecified atom stereocenters. The molecule has 0 amide bonds. The molecule has 2 aromatic carbocycles. The number of alkyl halides is 3. The van der Waals surface area contributed by atoms with Crippen LogP contribution in [0.5, 0.6) is 5.75 Å². The molecule has 1 heterocycles. The third kappa shape index (κ3) is 6.09. The molecular formula is C20H17BrF3NOS. The summed E-state index contributed by atoms with van der Waals surface area (Å²) in [5.74, 6) is -0.203. The van der Waals surface area contributed by atoms with Crippen LogP contribution >= 0.6 is 27.3 Å². The smallest absolute Gasteiger partial charge is 0.406 e. The SMILES string of the molecule is CN(Cc1ccc(OC(F)(F)F)cc1)Cc1ccc(-c2ccc(Br)cc2)s1. The first kappa shape index (κ1) is 19.9. The number of halogens is 4. The van der Waals surface area contributed by atoms with Gasteiger partial charge in [0, 0.05) is 27.3 Å². The third-order valence-corrected chi connectivity index (χ3v) is 5.47. The molecule has 1 aromatic heterocycles. The van der Waals surface area contributed by atoms with Crippen molar-refractivity contribution in [3.8, 4) is 16.2 Å². The van der Waals surface area contributed by atoms with Gasteiger partial charge in [-0.3, -0.25) is 4.90 Å². The fourth-order valence-corrected chi connectivity index (χ4v) is 4.02. The first-order valence-electron chi connectivity index (χ1n) is 8.16. The predicted octanol–water partition coefficient (Wildman–Crippen LogP) is 6.71. The van der Waals surface area contributed by atoms with Gasteiger partial charge in [0.2, 0.25) is 0 Å². The van der Waals surface area contributed by atoms with Gasteiger partial charge in [0.25, 0.3) is 0 Å². The lowest BCUT2D eigenvalue weighted by Gasteiger charge is -2.16. The van der Waals surface area contributed by atoms with Crippen molar-refractivity contribution in [3.63, 3.8) is 0 Å². The summed E-state index contributed by atoms with van der Waals surface area (Å²) in [6, 6.07) is 18.4. The molecule has 0 fully saturated rings. The summed E-state index contributed by atoms with van der Waals surface area (Å²) in [7, 11) is 1.99. The molecule has 0 N–H and O–H groups in total. The minimum absolute atomic E-state index is 0.203. The Labute approximate surface area is 168 Å². The van der Waals surface area contributed by atoms with Crippen molar-refractivity contribution in [1.82, 2.24) is 4.90 Å². The lowest BCUT2D eigenvalue weighted by Crippen LogP contribution is -2.18. The molecule has 0 saturated carbocycles. The quantitative estimate of drug-likeness (QED) is 0.409. The highest BCUT2D eigenvalue weighted by Crippen LogP contribution is 2.30. The Morgan fingerprint density at radius 3 is 2.22 bits per heavy atom. The van der Waals surface area contributed by atoms with Crippen molar-refractivity contribution >= 4 is 27.3 Å². The summed E-state index contributed by atoms with van der Waals surface area (Å²) < 4.78 is 41.6. The molecule has 0 spiro atoms. The van der Waals surface area contributed by atoms with Crippen LogP contribution in [0.15, 0.2) is 65.1 Å². The van der Waals surface area contributed by atoms with Gasteiger partial charge in [-0.15, -0.1) is 24.5 Å². The molecule has 0 bridgehead atoms. The van der Waals surface area contributed by atoms with E-state index in [1.165, 1.54) is 27.5 Å². The highest BCUT2D eigenvalue weighted by molar-refractivity contribution is 9.10. The summed E-state index contributed by atoms with van der Waals surface area (Å²) in [5.41, 5.74) is 2.11. The molecule has 3 aromatic rings. The Morgan fingerprint density at radius 1 is 0.926 bits per heavy atom. The van der Waals surface area contributed by atoms with Crippen LogP contribution < -0.4 is 4.74 Å². The van der Waals surface area contributed by atoms with Gasteiger partial charge in [-0.1, -0.05) is 40.2 Å². The summed E-state index contributed by atoms with van der Waals surface area (Å²) >= 11 is 5.18. The Balaban J connectivity index is 1.58. The fourth-order valence-electron chi connectivity index (χ4n) is 2.66. The average molecular weight is 456 g/mol. The van der Waals surface area contributed by atoms with Crippen LogP contribution in [0.4, 0.5) is 13.2 Å². The van der Waals surface area contributed by atoms with Gasteiger partial charge in [-0.25, -0.2) is 0 Å². The molecule has 0 saturated heterocycles. The second kappa shape index (κ2) is 8.46. The second-order valence-corrected chi connectivity index (χ2v) is 8.22. The zero-order valence-corrected chi connectivity index (χ0v) is 16.9. The molecule has 2 nitrogen and oxygen atoms in total. The number of ether oxygens (including phenoxy) is 1. The van der Waals surface area contributed by atoms with E-state index in [1.54, 1.807) is 23.5 Å². The molecule has 7 heteroatoms. The lowest BCUT2D eigenvalue weighted by atomic mass is 10.2. The largest absolute Gasteiger partial charge is 0.573 e. The van der Waals surface area contributed by atoms with Crippen LogP contribution in [0.2, 0.25) is 0 Å². The molecule has 27 heavy (non-hydrogen) atoms. The van der Waals surface area contributed by atoms with E-state index in [9.17, 15) is 13.2 Å². The van der Waals surface area contributed by atoms with Crippen LogP contribution in [0, 0.1) is 0 Å². The topological polar surface area (TPSA) is 12.5 Å². The van der Waals surface area contributed by atoms with Crippen LogP contribution in [0.1, 0.15) is 10.4 Å². The van der Waals surface area contributed by atoms with E-state index in [4.69, 9.17) is 0 Å². The maximum absolute atomic E-state index is 12.2. The number of nitrogens with zero attached hydrogens (tertiary/aromatic N) is 1. The van der Waals surface area contributed by atoms with Gasteiger partial charge in [0.15, 0.2) is 0 Å². The standard InChI is InChI=1S/C20H17BrF3NOS/c1-25(12-14-2-8-17(9-3-14)26-20(22,23)24)13-18-10-11-19(27-18)15-4-6-16(21)7-5-15/h2-11H,12-13H2,1H3. The zero-order chi connectivity index (χ0) is 19.4. The average Bonchev–Trinajstić information content (AvgIpc) is 3.04. The molecular weight excluding hydrogens is 439 g/mol. The molecule has 0 radical (unpaired) electrons. The summed E-state index contributed by atoms with van der Waals surface area (Å²) in [6.07, 6.45) is -4.66. The summed E-state index contributed by atoms with van der Waals surface area (Å²) in [4.78, 5) is 4.56. The monoisotopic (exact) mass is 455 g/mol. The first-order valence-corrected chi connectivity index (χ1v) is 9.77. The van der Waals surface area contributed by atoms with E-state index in [0.717, 1.165) is 16.6 Å². The van der Waals surface area contributed by atoms with Crippen molar-refractivity contribution in [2.75, 3.05) is 7.05 Å². The molecule has 0 aliphatic rings. The second-order valence-electron chi connectivity index (χ2n) is 6.14. The predicted molar refractivity (Wildman–Crippen MR) is 106 cm³/mol. The van der Waals surface area contributed by atoms with Gasteiger partial charge in [-0.2, -0.15) is 0 Å². The fraction of sp³-hybridized carbons (Fsp3) is 0.200. The Kier molecular flexibility index (Phi) is 6.24. The minimum atomic E-state index is -4.66. The van der Waals surface area contributed by atoms with E-state index >= 15 is 0 Å². The van der Waals surface area contributed by atoms with Crippen LogP contribution in [-0.4, -0.2) is 18.3 Å².